The number of aromatic amines is 1. The number of H-pyrrole nitrogens is 1. The third kappa shape index (κ3) is 4.94. The summed E-state index contributed by atoms with van der Waals surface area (Å²) in [6.07, 6.45) is 0.192. The maximum absolute atomic E-state index is 6.31. The van der Waals surface area contributed by atoms with Gasteiger partial charge in [0.15, 0.2) is 5.82 Å². The van der Waals surface area contributed by atoms with E-state index >= 15 is 0 Å². The van der Waals surface area contributed by atoms with Gasteiger partial charge in [-0.3, -0.25) is 5.10 Å². The Hall–Kier alpha value is -1.86. The Labute approximate surface area is 174 Å². The molecule has 0 bridgehead atoms. The maximum Gasteiger partial charge on any atom is 0.208 e. The van der Waals surface area contributed by atoms with Crippen LogP contribution in [0.15, 0.2) is 53.7 Å². The van der Waals surface area contributed by atoms with Crippen molar-refractivity contribution in [1.29, 1.82) is 0 Å². The molecule has 5 nitrogen and oxygen atoms in total. The monoisotopic (exact) mass is 415 g/mol. The number of aryl methyl sites for hydroxylation is 1. The topological polar surface area (TPSA) is 55.2 Å². The molecule has 1 aliphatic rings. The molecule has 0 saturated carbocycles. The van der Waals surface area contributed by atoms with Crippen LogP contribution in [0.3, 0.4) is 0 Å². The fourth-order valence-electron chi connectivity index (χ4n) is 3.35. The van der Waals surface area contributed by atoms with Crippen LogP contribution in [0.2, 0.25) is 5.02 Å². The minimum absolute atomic E-state index is 0.192. The summed E-state index contributed by atoms with van der Waals surface area (Å²) in [5.41, 5.74) is 3.48. The Balaban J connectivity index is 1.31. The summed E-state index contributed by atoms with van der Waals surface area (Å²) < 4.78 is 5.96. The first-order chi connectivity index (χ1) is 13.7. The molecule has 0 spiro atoms. The molecule has 0 radical (unpaired) electrons. The number of ether oxygens (including phenoxy) is 1. The summed E-state index contributed by atoms with van der Waals surface area (Å²) in [5, 5.41) is 8.98. The number of nitrogens with one attached hydrogen (secondary N) is 2. The first-order valence-corrected chi connectivity index (χ1v) is 10.8. The second-order valence-corrected chi connectivity index (χ2v) is 8.50. The summed E-state index contributed by atoms with van der Waals surface area (Å²) >= 11 is 7.95. The normalized spacial score (nSPS) is 19.6. The third-order valence-corrected chi connectivity index (χ3v) is 6.26. The Bertz CT molecular complexity index is 915. The van der Waals surface area contributed by atoms with E-state index in [1.807, 2.05) is 18.2 Å². The van der Waals surface area contributed by atoms with Gasteiger partial charge in [0.05, 0.1) is 6.61 Å². The average molecular weight is 416 g/mol. The number of thioether (sulfide) groups is 1. The van der Waals surface area contributed by atoms with Crippen LogP contribution in [0, 0.1) is 6.92 Å². The largest absolute Gasteiger partial charge is 0.366 e. The summed E-state index contributed by atoms with van der Waals surface area (Å²) in [6, 6.07) is 16.4. The van der Waals surface area contributed by atoms with Crippen molar-refractivity contribution < 1.29 is 9.64 Å². The number of aromatic nitrogens is 3. The summed E-state index contributed by atoms with van der Waals surface area (Å²) in [5.74, 6) is 1.65. The second-order valence-electron chi connectivity index (χ2n) is 7.11. The first-order valence-electron chi connectivity index (χ1n) is 9.48. The Morgan fingerprint density at radius 3 is 2.86 bits per heavy atom. The Kier molecular flexibility index (Phi) is 6.32. The van der Waals surface area contributed by atoms with Crippen molar-refractivity contribution in [2.45, 2.75) is 24.7 Å². The molecule has 4 rings (SSSR count). The van der Waals surface area contributed by atoms with Crippen molar-refractivity contribution in [2.24, 2.45) is 0 Å². The number of nitrogens with zero attached hydrogens (tertiary/aromatic N) is 2. The SMILES string of the molecule is Cc1ccc(-c2nc(SC[C@@H]3C[NH+](Cc4ccccc4Cl)CCO3)n[nH]2)cc1. The van der Waals surface area contributed by atoms with E-state index in [4.69, 9.17) is 16.3 Å². The lowest BCUT2D eigenvalue weighted by Gasteiger charge is -2.30. The van der Waals surface area contributed by atoms with E-state index in [1.54, 1.807) is 11.8 Å². The van der Waals surface area contributed by atoms with Crippen molar-refractivity contribution in [2.75, 3.05) is 25.4 Å². The van der Waals surface area contributed by atoms with Gasteiger partial charge < -0.3 is 9.64 Å². The number of hydrogen-bond donors (Lipinski definition) is 2. The number of quaternary nitrogens is 1. The Morgan fingerprint density at radius 1 is 1.21 bits per heavy atom. The molecular weight excluding hydrogens is 392 g/mol. The van der Waals surface area contributed by atoms with Gasteiger partial charge in [0.2, 0.25) is 5.16 Å². The van der Waals surface area contributed by atoms with Gasteiger partial charge in [-0.05, 0) is 13.0 Å². The molecule has 1 unspecified atom stereocenters. The van der Waals surface area contributed by atoms with Crippen molar-refractivity contribution in [3.05, 3.63) is 64.7 Å². The summed E-state index contributed by atoms with van der Waals surface area (Å²) in [7, 11) is 0. The molecule has 146 valence electrons. The minimum Gasteiger partial charge on any atom is -0.366 e. The highest BCUT2D eigenvalue weighted by Crippen LogP contribution is 2.21. The average Bonchev–Trinajstić information content (AvgIpc) is 3.18. The van der Waals surface area contributed by atoms with Gasteiger partial charge >= 0.3 is 0 Å². The van der Waals surface area contributed by atoms with Gasteiger partial charge in [0.1, 0.15) is 25.7 Å². The standard InChI is InChI=1S/C21H23ClN4OS/c1-15-6-8-16(9-7-15)20-23-21(25-24-20)28-14-18-13-26(10-11-27-18)12-17-4-2-3-5-19(17)22/h2-9,18H,10-14H2,1H3,(H,23,24,25)/p+1/t18-/m0/s1. The van der Waals surface area contributed by atoms with Crippen molar-refractivity contribution >= 4 is 23.4 Å². The van der Waals surface area contributed by atoms with Gasteiger partial charge in [-0.1, -0.05) is 71.4 Å². The second kappa shape index (κ2) is 9.09. The van der Waals surface area contributed by atoms with Crippen molar-refractivity contribution in [1.82, 2.24) is 15.2 Å². The highest BCUT2D eigenvalue weighted by molar-refractivity contribution is 7.99. The van der Waals surface area contributed by atoms with Gasteiger partial charge in [-0.25, -0.2) is 4.98 Å². The maximum atomic E-state index is 6.31. The molecule has 1 aliphatic heterocycles. The summed E-state index contributed by atoms with van der Waals surface area (Å²) in [4.78, 5) is 6.11. The summed E-state index contributed by atoms with van der Waals surface area (Å²) in [6.45, 7) is 5.75. The van der Waals surface area contributed by atoms with E-state index < -0.39 is 0 Å². The van der Waals surface area contributed by atoms with Gasteiger partial charge in [0.25, 0.3) is 0 Å². The number of benzene rings is 2. The molecule has 2 N–H and O–H groups in total. The molecule has 2 aromatic carbocycles. The van der Waals surface area contributed by atoms with Crippen LogP contribution in [-0.4, -0.2) is 46.7 Å². The molecule has 1 saturated heterocycles. The fourth-order valence-corrected chi connectivity index (χ4v) is 4.37. The van der Waals surface area contributed by atoms with Crippen LogP contribution >= 0.6 is 23.4 Å². The highest BCUT2D eigenvalue weighted by Gasteiger charge is 2.25. The zero-order chi connectivity index (χ0) is 19.3. The molecule has 1 aromatic heterocycles. The van der Waals surface area contributed by atoms with Gasteiger partial charge in [0, 0.05) is 21.9 Å². The number of halogens is 1. The predicted molar refractivity (Wildman–Crippen MR) is 113 cm³/mol. The van der Waals surface area contributed by atoms with E-state index in [0.29, 0.717) is 0 Å². The smallest absolute Gasteiger partial charge is 0.208 e. The van der Waals surface area contributed by atoms with Gasteiger partial charge in [-0.15, -0.1) is 5.10 Å². The first kappa shape index (κ1) is 19.5. The zero-order valence-corrected chi connectivity index (χ0v) is 17.4. The molecule has 7 heteroatoms. The third-order valence-electron chi connectivity index (χ3n) is 4.91. The van der Waals surface area contributed by atoms with E-state index in [0.717, 1.165) is 53.6 Å². The Morgan fingerprint density at radius 2 is 2.04 bits per heavy atom. The van der Waals surface area contributed by atoms with Crippen LogP contribution < -0.4 is 4.90 Å². The van der Waals surface area contributed by atoms with Crippen LogP contribution in [-0.2, 0) is 11.3 Å². The van der Waals surface area contributed by atoms with Crippen LogP contribution in [0.4, 0.5) is 0 Å². The molecule has 28 heavy (non-hydrogen) atoms. The molecule has 0 amide bonds. The number of morpholine rings is 1. The predicted octanol–water partition coefficient (Wildman–Crippen LogP) is 3.01. The lowest BCUT2D eigenvalue weighted by atomic mass is 10.1. The van der Waals surface area contributed by atoms with E-state index in [-0.39, 0.29) is 6.10 Å². The van der Waals surface area contributed by atoms with Crippen LogP contribution in [0.5, 0.6) is 0 Å². The lowest BCUT2D eigenvalue weighted by molar-refractivity contribution is -0.924. The molecule has 0 aliphatic carbocycles. The minimum atomic E-state index is 0.192. The lowest BCUT2D eigenvalue weighted by Crippen LogP contribution is -3.13. The van der Waals surface area contributed by atoms with Crippen LogP contribution in [0.25, 0.3) is 11.4 Å². The van der Waals surface area contributed by atoms with Crippen LogP contribution in [0.1, 0.15) is 11.1 Å². The highest BCUT2D eigenvalue weighted by atomic mass is 35.5. The molecule has 1 fully saturated rings. The van der Waals surface area contributed by atoms with Crippen molar-refractivity contribution in [3.8, 4) is 11.4 Å². The molecule has 2 atom stereocenters. The van der Waals surface area contributed by atoms with E-state index in [9.17, 15) is 0 Å². The molecule has 3 aromatic rings. The molecular formula is C21H24ClN4OS+. The van der Waals surface area contributed by atoms with Crippen molar-refractivity contribution in [3.63, 3.8) is 0 Å². The quantitative estimate of drug-likeness (QED) is 0.608. The number of hydrogen-bond acceptors (Lipinski definition) is 4. The number of rotatable bonds is 6. The fraction of sp³-hybridized carbons (Fsp3) is 0.333. The van der Waals surface area contributed by atoms with E-state index in [2.05, 4.69) is 52.4 Å². The van der Waals surface area contributed by atoms with E-state index in [1.165, 1.54) is 16.0 Å². The zero-order valence-electron chi connectivity index (χ0n) is 15.8. The van der Waals surface area contributed by atoms with Gasteiger partial charge in [-0.2, -0.15) is 0 Å². The molecule has 2 heterocycles.